The van der Waals surface area contributed by atoms with Crippen LogP contribution in [0.25, 0.3) is 0 Å². The van der Waals surface area contributed by atoms with Gasteiger partial charge in [-0.25, -0.2) is 0 Å². The monoisotopic (exact) mass is 405 g/mol. The lowest BCUT2D eigenvalue weighted by Crippen LogP contribution is -2.56. The van der Waals surface area contributed by atoms with E-state index >= 15 is 0 Å². The molecule has 1 unspecified atom stereocenters. The van der Waals surface area contributed by atoms with E-state index < -0.39 is 5.54 Å². The van der Waals surface area contributed by atoms with Crippen LogP contribution < -0.4 is 5.32 Å². The van der Waals surface area contributed by atoms with Gasteiger partial charge < -0.3 is 15.1 Å². The van der Waals surface area contributed by atoms with E-state index in [2.05, 4.69) is 11.4 Å². The van der Waals surface area contributed by atoms with Gasteiger partial charge in [0.15, 0.2) is 0 Å². The number of amides is 3. The Hall–Kier alpha value is -3.15. The van der Waals surface area contributed by atoms with Gasteiger partial charge in [-0.05, 0) is 49.4 Å². The summed E-state index contributed by atoms with van der Waals surface area (Å²) in [5.74, 6) is -0.514. The van der Waals surface area contributed by atoms with Crippen molar-refractivity contribution in [3.63, 3.8) is 0 Å². The molecule has 0 radical (unpaired) electrons. The van der Waals surface area contributed by atoms with Gasteiger partial charge in [0.25, 0.3) is 5.91 Å². The first kappa shape index (κ1) is 20.1. The number of carbonyl (C=O) groups excluding carboxylic acids is 3. The van der Waals surface area contributed by atoms with Crippen molar-refractivity contribution in [2.75, 3.05) is 19.6 Å². The maximum Gasteiger partial charge on any atom is 0.254 e. The maximum absolute atomic E-state index is 13.0. The third kappa shape index (κ3) is 3.82. The highest BCUT2D eigenvalue weighted by Crippen LogP contribution is 2.31. The smallest absolute Gasteiger partial charge is 0.254 e. The Morgan fingerprint density at radius 3 is 2.43 bits per heavy atom. The molecule has 6 nitrogen and oxygen atoms in total. The average Bonchev–Trinajstić information content (AvgIpc) is 3.19. The summed E-state index contributed by atoms with van der Waals surface area (Å²) in [6.07, 6.45) is 2.18. The Morgan fingerprint density at radius 2 is 1.67 bits per heavy atom. The van der Waals surface area contributed by atoms with Gasteiger partial charge in [-0.2, -0.15) is 0 Å². The molecule has 1 fully saturated rings. The zero-order valence-electron chi connectivity index (χ0n) is 17.3. The zero-order valence-corrected chi connectivity index (χ0v) is 17.3. The summed E-state index contributed by atoms with van der Waals surface area (Å²) in [5, 5.41) is 2.80. The van der Waals surface area contributed by atoms with Crippen LogP contribution in [0.1, 0.15) is 41.3 Å². The number of fused-ring (bicyclic) bond motifs is 1. The number of carbonyl (C=O) groups is 3. The third-order valence-corrected chi connectivity index (χ3v) is 6.28. The molecule has 2 aliphatic heterocycles. The molecule has 2 aromatic carbocycles. The van der Waals surface area contributed by atoms with E-state index in [4.69, 9.17) is 0 Å². The Bertz CT molecular complexity index is 959. The van der Waals surface area contributed by atoms with E-state index in [9.17, 15) is 14.4 Å². The predicted octanol–water partition coefficient (Wildman–Crippen LogP) is 2.38. The van der Waals surface area contributed by atoms with Crippen molar-refractivity contribution in [1.82, 2.24) is 15.1 Å². The van der Waals surface area contributed by atoms with Crippen LogP contribution in [0.5, 0.6) is 0 Å². The third-order valence-electron chi connectivity index (χ3n) is 6.28. The summed E-state index contributed by atoms with van der Waals surface area (Å²) in [7, 11) is 0. The minimum Gasteiger partial charge on any atom is -0.345 e. The van der Waals surface area contributed by atoms with Crippen LogP contribution >= 0.6 is 0 Å². The summed E-state index contributed by atoms with van der Waals surface area (Å²) in [4.78, 5) is 42.1. The highest BCUT2D eigenvalue weighted by molar-refractivity contribution is 6.00. The van der Waals surface area contributed by atoms with E-state index in [1.54, 1.807) is 28.9 Å². The molecule has 156 valence electrons. The summed E-state index contributed by atoms with van der Waals surface area (Å²) in [6.45, 7) is 3.50. The lowest BCUT2D eigenvalue weighted by atomic mass is 9.96. The van der Waals surface area contributed by atoms with Gasteiger partial charge in [-0.15, -0.1) is 0 Å². The quantitative estimate of drug-likeness (QED) is 0.849. The van der Waals surface area contributed by atoms with Gasteiger partial charge in [0.2, 0.25) is 11.8 Å². The van der Waals surface area contributed by atoms with Crippen LogP contribution in [-0.2, 0) is 22.6 Å². The molecule has 2 aliphatic rings. The van der Waals surface area contributed by atoms with Crippen LogP contribution in [0.4, 0.5) is 0 Å². The maximum atomic E-state index is 13.0. The van der Waals surface area contributed by atoms with Crippen LogP contribution in [0.3, 0.4) is 0 Å². The van der Waals surface area contributed by atoms with Crippen molar-refractivity contribution >= 4 is 17.7 Å². The van der Waals surface area contributed by atoms with Crippen LogP contribution in [0, 0.1) is 0 Å². The molecule has 2 heterocycles. The van der Waals surface area contributed by atoms with Gasteiger partial charge >= 0.3 is 0 Å². The molecule has 2 aromatic rings. The first-order valence-electron chi connectivity index (χ1n) is 10.5. The van der Waals surface area contributed by atoms with Gasteiger partial charge in [0, 0.05) is 25.2 Å². The van der Waals surface area contributed by atoms with E-state index in [0.717, 1.165) is 18.4 Å². The number of hydrogen-bond donors (Lipinski definition) is 1. The number of benzene rings is 2. The fraction of sp³-hybridized carbons (Fsp3) is 0.375. The van der Waals surface area contributed by atoms with E-state index in [0.29, 0.717) is 31.6 Å². The molecular formula is C24H27N3O3. The molecule has 1 atom stereocenters. The lowest BCUT2D eigenvalue weighted by molar-refractivity contribution is -0.136. The molecular weight excluding hydrogens is 378 g/mol. The number of likely N-dealkylation sites (tertiary alicyclic amines) is 1. The molecule has 30 heavy (non-hydrogen) atoms. The second kappa shape index (κ2) is 8.30. The second-order valence-corrected chi connectivity index (χ2v) is 8.22. The first-order chi connectivity index (χ1) is 14.5. The molecule has 0 spiro atoms. The Kier molecular flexibility index (Phi) is 5.57. The lowest BCUT2D eigenvalue weighted by Gasteiger charge is -2.34. The standard InChI is InChI=1S/C24H27N3O3/c1-24(13-7-14-27(24)22(29)19-9-3-2-4-10-19)23(30)25-16-21(28)26-15-12-18-8-5-6-11-20(18)17-26/h2-6,8-11H,7,12-17H2,1H3,(H,25,30). The predicted molar refractivity (Wildman–Crippen MR) is 114 cm³/mol. The van der Waals surface area contributed by atoms with Gasteiger partial charge in [-0.3, -0.25) is 14.4 Å². The normalized spacial score (nSPS) is 20.6. The van der Waals surface area contributed by atoms with Crippen LogP contribution in [0.15, 0.2) is 54.6 Å². The molecule has 0 saturated carbocycles. The largest absolute Gasteiger partial charge is 0.345 e. The van der Waals surface area contributed by atoms with Crippen molar-refractivity contribution < 1.29 is 14.4 Å². The highest BCUT2D eigenvalue weighted by atomic mass is 16.2. The van der Waals surface area contributed by atoms with E-state index in [1.807, 2.05) is 36.4 Å². The minimum absolute atomic E-state index is 0.0516. The first-order valence-corrected chi connectivity index (χ1v) is 10.5. The molecule has 1 N–H and O–H groups in total. The van der Waals surface area contributed by atoms with Crippen LogP contribution in [-0.4, -0.2) is 52.7 Å². The van der Waals surface area contributed by atoms with Crippen molar-refractivity contribution in [2.45, 2.75) is 38.3 Å². The van der Waals surface area contributed by atoms with Crippen molar-refractivity contribution in [2.24, 2.45) is 0 Å². The molecule has 6 heteroatoms. The van der Waals surface area contributed by atoms with Crippen molar-refractivity contribution in [3.8, 4) is 0 Å². The molecule has 4 rings (SSSR count). The minimum atomic E-state index is -0.943. The molecule has 0 bridgehead atoms. The number of rotatable bonds is 4. The molecule has 1 saturated heterocycles. The van der Waals surface area contributed by atoms with E-state index in [-0.39, 0.29) is 24.3 Å². The molecule has 0 aliphatic carbocycles. The summed E-state index contributed by atoms with van der Waals surface area (Å²) < 4.78 is 0. The fourth-order valence-electron chi connectivity index (χ4n) is 4.43. The van der Waals surface area contributed by atoms with Crippen molar-refractivity contribution in [3.05, 3.63) is 71.3 Å². The number of nitrogens with one attached hydrogen (secondary N) is 1. The summed E-state index contributed by atoms with van der Waals surface area (Å²) in [6, 6.07) is 17.1. The summed E-state index contributed by atoms with van der Waals surface area (Å²) >= 11 is 0. The Labute approximate surface area is 176 Å². The molecule has 0 aromatic heterocycles. The topological polar surface area (TPSA) is 69.7 Å². The van der Waals surface area contributed by atoms with Gasteiger partial charge in [0.05, 0.1) is 6.54 Å². The molecule has 3 amide bonds. The highest BCUT2D eigenvalue weighted by Gasteiger charge is 2.45. The Morgan fingerprint density at radius 1 is 0.967 bits per heavy atom. The fourth-order valence-corrected chi connectivity index (χ4v) is 4.43. The van der Waals surface area contributed by atoms with Gasteiger partial charge in [0.1, 0.15) is 5.54 Å². The number of nitrogens with zero attached hydrogens (tertiary/aromatic N) is 2. The van der Waals surface area contributed by atoms with Crippen molar-refractivity contribution in [1.29, 1.82) is 0 Å². The van der Waals surface area contributed by atoms with Crippen LogP contribution in [0.2, 0.25) is 0 Å². The zero-order chi connectivity index (χ0) is 21.1. The van der Waals surface area contributed by atoms with E-state index in [1.165, 1.54) is 5.56 Å². The number of hydrogen-bond acceptors (Lipinski definition) is 3. The summed E-state index contributed by atoms with van der Waals surface area (Å²) in [5.41, 5.74) is 2.06. The Balaban J connectivity index is 1.38. The average molecular weight is 405 g/mol. The SMILES string of the molecule is CC1(C(=O)NCC(=O)N2CCc3ccccc3C2)CCCN1C(=O)c1ccccc1. The second-order valence-electron chi connectivity index (χ2n) is 8.22. The van der Waals surface area contributed by atoms with Gasteiger partial charge in [-0.1, -0.05) is 42.5 Å².